The molecule has 2 unspecified atom stereocenters. The van der Waals surface area contributed by atoms with E-state index in [4.69, 9.17) is 33.0 Å². The highest BCUT2D eigenvalue weighted by Crippen LogP contribution is 2.49. The molecule has 0 aromatic heterocycles. The number of hydrogen-bond acceptors (Lipinski definition) is 2. The maximum Gasteiger partial charge on any atom is 0.329 e. The van der Waals surface area contributed by atoms with E-state index in [9.17, 15) is 4.79 Å². The van der Waals surface area contributed by atoms with Gasteiger partial charge in [0, 0.05) is 5.03 Å². The molecule has 2 aliphatic rings. The van der Waals surface area contributed by atoms with E-state index in [0.29, 0.717) is 5.03 Å². The third kappa shape index (κ3) is 2.77. The molecule has 5 heteroatoms. The van der Waals surface area contributed by atoms with E-state index in [1.165, 1.54) is 11.1 Å². The van der Waals surface area contributed by atoms with Crippen LogP contribution in [0.15, 0.2) is 65.7 Å². The largest absolute Gasteiger partial charge is 0.480 e. The smallest absolute Gasteiger partial charge is 0.329 e. The van der Waals surface area contributed by atoms with Gasteiger partial charge in [0.15, 0.2) is 0 Å². The van der Waals surface area contributed by atoms with Gasteiger partial charge in [-0.25, -0.2) is 4.79 Å². The Kier molecular flexibility index (Phi) is 4.39. The molecule has 2 aliphatic carbocycles. The lowest BCUT2D eigenvalue weighted by atomic mass is 9.83. The first-order valence-corrected chi connectivity index (χ1v) is 9.04. The molecule has 4 rings (SSSR count). The van der Waals surface area contributed by atoms with Crippen molar-refractivity contribution in [1.82, 2.24) is 0 Å². The molecule has 132 valence electrons. The first kappa shape index (κ1) is 17.3. The Morgan fingerprint density at radius 3 is 2.77 bits per heavy atom. The van der Waals surface area contributed by atoms with E-state index >= 15 is 0 Å². The number of hydrogen-bond donors (Lipinski definition) is 1. The number of alkyl halides is 1. The second-order valence-corrected chi connectivity index (χ2v) is 7.50. The third-order valence-corrected chi connectivity index (χ3v) is 5.68. The van der Waals surface area contributed by atoms with Crippen molar-refractivity contribution in [2.75, 3.05) is 6.61 Å². The van der Waals surface area contributed by atoms with Gasteiger partial charge in [-0.2, -0.15) is 0 Å². The topological polar surface area (TPSA) is 46.5 Å². The molecule has 0 bridgehead atoms. The number of carboxylic acids is 1. The molecule has 3 nitrogen and oxygen atoms in total. The van der Waals surface area contributed by atoms with Gasteiger partial charge in [-0.1, -0.05) is 66.2 Å². The number of rotatable bonds is 4. The molecular weight excluding hydrogens is 371 g/mol. The number of allylic oxidation sites excluding steroid dienone is 2. The van der Waals surface area contributed by atoms with Crippen LogP contribution in [0, 0.1) is 0 Å². The van der Waals surface area contributed by atoms with Crippen LogP contribution in [-0.2, 0) is 20.8 Å². The van der Waals surface area contributed by atoms with Crippen LogP contribution in [0.3, 0.4) is 0 Å². The number of aliphatic carboxylic acids is 1. The van der Waals surface area contributed by atoms with E-state index in [2.05, 4.69) is 18.2 Å². The Morgan fingerprint density at radius 1 is 1.19 bits per heavy atom. The molecule has 0 aliphatic heterocycles. The maximum absolute atomic E-state index is 11.0. The lowest BCUT2D eigenvalue weighted by Crippen LogP contribution is -2.38. The molecular formula is C21H16Cl2O3. The normalized spacial score (nSPS) is 23.3. The van der Waals surface area contributed by atoms with Gasteiger partial charge < -0.3 is 9.84 Å². The molecule has 2 aromatic carbocycles. The van der Waals surface area contributed by atoms with Crippen LogP contribution in [0.5, 0.6) is 0 Å². The first-order chi connectivity index (χ1) is 12.5. The monoisotopic (exact) mass is 386 g/mol. The standard InChI is InChI=1S/C21H16Cl2O3/c22-17-9-4-10-21(23,20(17)26-12-18(24)25)16-8-3-6-14-11-13-5-1-2-7-15(13)19(14)16/h1-10,20H,11-12H2,(H,24,25). The van der Waals surface area contributed by atoms with Gasteiger partial charge in [-0.15, -0.1) is 11.6 Å². The van der Waals surface area contributed by atoms with Gasteiger partial charge in [-0.05, 0) is 40.3 Å². The maximum atomic E-state index is 11.0. The van der Waals surface area contributed by atoms with Crippen LogP contribution >= 0.6 is 23.2 Å². The second-order valence-electron chi connectivity index (χ2n) is 6.44. The first-order valence-electron chi connectivity index (χ1n) is 8.28. The van der Waals surface area contributed by atoms with Crippen molar-refractivity contribution in [1.29, 1.82) is 0 Å². The van der Waals surface area contributed by atoms with Gasteiger partial charge in [0.2, 0.25) is 0 Å². The molecule has 0 fully saturated rings. The molecule has 0 radical (unpaired) electrons. The van der Waals surface area contributed by atoms with Crippen molar-refractivity contribution < 1.29 is 14.6 Å². The number of halogens is 2. The minimum atomic E-state index is -1.08. The Labute approximate surface area is 161 Å². The highest BCUT2D eigenvalue weighted by molar-refractivity contribution is 6.33. The van der Waals surface area contributed by atoms with E-state index in [1.807, 2.05) is 30.3 Å². The van der Waals surface area contributed by atoms with Crippen molar-refractivity contribution in [3.05, 3.63) is 82.4 Å². The summed E-state index contributed by atoms with van der Waals surface area (Å²) in [6.07, 6.45) is 5.37. The summed E-state index contributed by atoms with van der Waals surface area (Å²) in [5.74, 6) is -1.06. The fourth-order valence-corrected chi connectivity index (χ4v) is 4.52. The average molecular weight is 387 g/mol. The highest BCUT2D eigenvalue weighted by atomic mass is 35.5. The number of benzene rings is 2. The van der Waals surface area contributed by atoms with Crippen LogP contribution in [0.4, 0.5) is 0 Å². The Bertz CT molecular complexity index is 948. The van der Waals surface area contributed by atoms with E-state index in [-0.39, 0.29) is 0 Å². The Balaban J connectivity index is 1.85. The summed E-state index contributed by atoms with van der Waals surface area (Å²) in [5.41, 5.74) is 5.55. The average Bonchev–Trinajstić information content (AvgIpc) is 2.99. The van der Waals surface area contributed by atoms with Crippen molar-refractivity contribution in [2.45, 2.75) is 17.4 Å². The summed E-state index contributed by atoms with van der Waals surface area (Å²) < 4.78 is 5.59. The Morgan fingerprint density at radius 2 is 1.96 bits per heavy atom. The molecule has 0 saturated heterocycles. The van der Waals surface area contributed by atoms with Gasteiger partial charge in [0.25, 0.3) is 0 Å². The van der Waals surface area contributed by atoms with E-state index in [0.717, 1.165) is 23.1 Å². The SMILES string of the molecule is O=C(O)COC1C(Cl)=CC=CC1(Cl)c1cccc2c1-c1ccccc1C2. The zero-order chi connectivity index (χ0) is 18.3. The quantitative estimate of drug-likeness (QED) is 0.651. The predicted molar refractivity (Wildman–Crippen MR) is 103 cm³/mol. The summed E-state index contributed by atoms with van der Waals surface area (Å²) in [7, 11) is 0. The van der Waals surface area contributed by atoms with Gasteiger partial charge in [0.1, 0.15) is 17.6 Å². The third-order valence-electron chi connectivity index (χ3n) is 4.83. The van der Waals surface area contributed by atoms with Gasteiger partial charge in [0.05, 0.1) is 0 Å². The number of ether oxygens (including phenoxy) is 1. The van der Waals surface area contributed by atoms with Crippen LogP contribution in [0.1, 0.15) is 16.7 Å². The zero-order valence-corrected chi connectivity index (χ0v) is 15.3. The van der Waals surface area contributed by atoms with Crippen molar-refractivity contribution in [3.8, 4) is 11.1 Å². The highest BCUT2D eigenvalue weighted by Gasteiger charge is 2.43. The summed E-state index contributed by atoms with van der Waals surface area (Å²) >= 11 is 13.4. The van der Waals surface area contributed by atoms with Crippen LogP contribution in [-0.4, -0.2) is 23.8 Å². The molecule has 26 heavy (non-hydrogen) atoms. The van der Waals surface area contributed by atoms with Gasteiger partial charge >= 0.3 is 5.97 Å². The van der Waals surface area contributed by atoms with E-state index < -0.39 is 23.6 Å². The Hall–Kier alpha value is -2.07. The van der Waals surface area contributed by atoms with Crippen LogP contribution in [0.2, 0.25) is 0 Å². The lowest BCUT2D eigenvalue weighted by molar-refractivity contribution is -0.143. The van der Waals surface area contributed by atoms with Crippen molar-refractivity contribution >= 4 is 29.2 Å². The molecule has 0 amide bonds. The summed E-state index contributed by atoms with van der Waals surface area (Å²) in [4.78, 5) is 9.92. The van der Waals surface area contributed by atoms with Crippen molar-refractivity contribution in [2.24, 2.45) is 0 Å². The van der Waals surface area contributed by atoms with Crippen LogP contribution in [0.25, 0.3) is 11.1 Å². The van der Waals surface area contributed by atoms with Gasteiger partial charge in [-0.3, -0.25) is 0 Å². The molecule has 2 atom stereocenters. The molecule has 0 heterocycles. The number of carbonyl (C=O) groups is 1. The number of carboxylic acid groups (broad SMARTS) is 1. The lowest BCUT2D eigenvalue weighted by Gasteiger charge is -2.36. The molecule has 1 N–H and O–H groups in total. The fourth-order valence-electron chi connectivity index (χ4n) is 3.75. The van der Waals surface area contributed by atoms with Crippen molar-refractivity contribution in [3.63, 3.8) is 0 Å². The summed E-state index contributed by atoms with van der Waals surface area (Å²) in [6.45, 7) is -0.470. The predicted octanol–water partition coefficient (Wildman–Crippen LogP) is 4.85. The molecule has 2 aromatic rings. The molecule has 0 saturated carbocycles. The van der Waals surface area contributed by atoms with Crippen LogP contribution < -0.4 is 0 Å². The summed E-state index contributed by atoms with van der Waals surface area (Å²) in [5, 5.41) is 9.39. The number of fused-ring (bicyclic) bond motifs is 3. The summed E-state index contributed by atoms with van der Waals surface area (Å²) in [6, 6.07) is 14.3. The van der Waals surface area contributed by atoms with E-state index in [1.54, 1.807) is 12.2 Å². The second kappa shape index (κ2) is 6.58. The minimum absolute atomic E-state index is 0.382. The molecule has 0 spiro atoms. The zero-order valence-electron chi connectivity index (χ0n) is 13.8. The minimum Gasteiger partial charge on any atom is -0.480 e. The fraction of sp³-hybridized carbons (Fsp3) is 0.190.